The molecule has 18 heavy (non-hydrogen) atoms. The van der Waals surface area contributed by atoms with Crippen LogP contribution in [0.5, 0.6) is 0 Å². The van der Waals surface area contributed by atoms with Gasteiger partial charge in [-0.1, -0.05) is 0 Å². The van der Waals surface area contributed by atoms with Crippen LogP contribution >= 0.6 is 0 Å². The highest BCUT2D eigenvalue weighted by atomic mass is 19.1. The second-order valence-electron chi connectivity index (χ2n) is 4.40. The summed E-state index contributed by atoms with van der Waals surface area (Å²) in [5, 5.41) is 8.73. The number of amides is 1. The number of carbonyl (C=O) groups excluding carboxylic acids is 1. The molecule has 0 aliphatic carbocycles. The Morgan fingerprint density at radius 1 is 1.33 bits per heavy atom. The maximum Gasteiger partial charge on any atom is 0.224 e. The highest BCUT2D eigenvalue weighted by Crippen LogP contribution is 2.17. The molecule has 0 saturated carbocycles. The van der Waals surface area contributed by atoms with Crippen LogP contribution in [0.4, 0.5) is 8.78 Å². The van der Waals surface area contributed by atoms with Crippen LogP contribution in [0.3, 0.4) is 0 Å². The first-order valence-corrected chi connectivity index (χ1v) is 5.71. The molecule has 1 saturated heterocycles. The molecule has 0 spiro atoms. The van der Waals surface area contributed by atoms with Crippen molar-refractivity contribution in [2.75, 3.05) is 13.1 Å². The van der Waals surface area contributed by atoms with E-state index in [1.165, 1.54) is 12.1 Å². The number of halogens is 2. The van der Waals surface area contributed by atoms with Crippen LogP contribution in [0, 0.1) is 28.9 Å². The summed E-state index contributed by atoms with van der Waals surface area (Å²) in [6.07, 6.45) is 0.632. The second kappa shape index (κ2) is 5.13. The van der Waals surface area contributed by atoms with Gasteiger partial charge in [-0.25, -0.2) is 8.78 Å². The molecule has 0 radical (unpaired) electrons. The zero-order valence-electron chi connectivity index (χ0n) is 9.70. The van der Waals surface area contributed by atoms with E-state index in [-0.39, 0.29) is 18.2 Å². The Morgan fingerprint density at radius 2 is 2.00 bits per heavy atom. The molecule has 1 heterocycles. The summed E-state index contributed by atoms with van der Waals surface area (Å²) >= 11 is 0. The molecule has 0 aromatic heterocycles. The molecule has 1 aliphatic heterocycles. The van der Waals surface area contributed by atoms with Gasteiger partial charge in [-0.05, 0) is 24.1 Å². The normalized spacial score (nSPS) is 19.1. The summed E-state index contributed by atoms with van der Waals surface area (Å²) in [5.41, 5.74) is 0.515. The molecule has 1 atom stereocenters. The van der Waals surface area contributed by atoms with Crippen molar-refractivity contribution in [3.63, 3.8) is 0 Å². The van der Waals surface area contributed by atoms with Crippen molar-refractivity contribution in [3.05, 3.63) is 35.4 Å². The number of hydrogen-bond donors (Lipinski definition) is 0. The quantitative estimate of drug-likeness (QED) is 0.822. The van der Waals surface area contributed by atoms with E-state index in [1.54, 1.807) is 4.90 Å². The van der Waals surface area contributed by atoms with Crippen LogP contribution in [-0.4, -0.2) is 23.9 Å². The van der Waals surface area contributed by atoms with Crippen LogP contribution in [0.1, 0.15) is 12.0 Å². The Bertz CT molecular complexity index is 490. The number of nitrogens with zero attached hydrogens (tertiary/aromatic N) is 2. The number of nitriles is 1. The van der Waals surface area contributed by atoms with Crippen molar-refractivity contribution in [1.29, 1.82) is 5.26 Å². The molecule has 1 unspecified atom stereocenters. The third kappa shape index (κ3) is 2.83. The molecule has 0 bridgehead atoms. The third-order valence-corrected chi connectivity index (χ3v) is 2.99. The van der Waals surface area contributed by atoms with Crippen LogP contribution in [0.15, 0.2) is 18.2 Å². The summed E-state index contributed by atoms with van der Waals surface area (Å²) in [6.45, 7) is 0.799. The van der Waals surface area contributed by atoms with Crippen LogP contribution < -0.4 is 0 Å². The molecule has 0 N–H and O–H groups in total. The van der Waals surface area contributed by atoms with E-state index < -0.39 is 11.6 Å². The lowest BCUT2D eigenvalue weighted by Gasteiger charge is -2.15. The van der Waals surface area contributed by atoms with Gasteiger partial charge in [0.05, 0.1) is 12.0 Å². The first-order chi connectivity index (χ1) is 8.58. The molecule has 94 valence electrons. The monoisotopic (exact) mass is 250 g/mol. The van der Waals surface area contributed by atoms with Crippen molar-refractivity contribution in [3.8, 4) is 6.07 Å². The molecule has 1 fully saturated rings. The molecular formula is C13H12F2N2O. The summed E-state index contributed by atoms with van der Waals surface area (Å²) in [6, 6.07) is 5.38. The third-order valence-electron chi connectivity index (χ3n) is 2.99. The van der Waals surface area contributed by atoms with Crippen LogP contribution in [-0.2, 0) is 11.2 Å². The van der Waals surface area contributed by atoms with Crippen molar-refractivity contribution in [1.82, 2.24) is 4.90 Å². The molecular weight excluding hydrogens is 238 g/mol. The van der Waals surface area contributed by atoms with E-state index in [0.29, 0.717) is 25.1 Å². The Morgan fingerprint density at radius 3 is 2.56 bits per heavy atom. The molecule has 2 rings (SSSR count). The highest BCUT2D eigenvalue weighted by Gasteiger charge is 2.28. The number of benzene rings is 1. The zero-order valence-corrected chi connectivity index (χ0v) is 9.70. The van der Waals surface area contributed by atoms with Gasteiger partial charge in [0.25, 0.3) is 0 Å². The Balaban J connectivity index is 1.96. The fourth-order valence-corrected chi connectivity index (χ4v) is 2.09. The zero-order chi connectivity index (χ0) is 13.1. The van der Waals surface area contributed by atoms with E-state index in [2.05, 4.69) is 6.07 Å². The number of hydrogen-bond acceptors (Lipinski definition) is 2. The summed E-state index contributed by atoms with van der Waals surface area (Å²) in [5.74, 6) is -1.57. The van der Waals surface area contributed by atoms with E-state index in [0.717, 1.165) is 6.07 Å². The van der Waals surface area contributed by atoms with E-state index in [1.807, 2.05) is 0 Å². The lowest BCUT2D eigenvalue weighted by atomic mass is 10.1. The fourth-order valence-electron chi connectivity index (χ4n) is 2.09. The van der Waals surface area contributed by atoms with Gasteiger partial charge in [-0.2, -0.15) is 5.26 Å². The van der Waals surface area contributed by atoms with E-state index in [4.69, 9.17) is 5.26 Å². The Labute approximate surface area is 104 Å². The van der Waals surface area contributed by atoms with Gasteiger partial charge in [-0.15, -0.1) is 0 Å². The van der Waals surface area contributed by atoms with Gasteiger partial charge in [0.15, 0.2) is 0 Å². The summed E-state index contributed by atoms with van der Waals surface area (Å²) < 4.78 is 25.9. The topological polar surface area (TPSA) is 44.1 Å². The molecule has 1 aromatic rings. The number of carbonyl (C=O) groups is 1. The van der Waals surface area contributed by atoms with E-state index >= 15 is 0 Å². The average molecular weight is 250 g/mol. The minimum Gasteiger partial charge on any atom is -0.341 e. The number of likely N-dealkylation sites (tertiary alicyclic amines) is 1. The Kier molecular flexibility index (Phi) is 3.56. The maximum atomic E-state index is 13.0. The van der Waals surface area contributed by atoms with Crippen LogP contribution in [0.25, 0.3) is 0 Å². The molecule has 5 heteroatoms. The average Bonchev–Trinajstić information content (AvgIpc) is 2.66. The first-order valence-electron chi connectivity index (χ1n) is 5.71. The second-order valence-corrected chi connectivity index (χ2v) is 4.40. The smallest absolute Gasteiger partial charge is 0.224 e. The molecule has 1 amide bonds. The van der Waals surface area contributed by atoms with Crippen LogP contribution in [0.2, 0.25) is 0 Å². The SMILES string of the molecule is N#CC1CC(=O)N(CCc2cc(F)cc(F)c2)C1. The molecule has 1 aliphatic rings. The predicted octanol–water partition coefficient (Wildman–Crippen LogP) is 1.88. The van der Waals surface area contributed by atoms with Crippen molar-refractivity contribution in [2.24, 2.45) is 5.92 Å². The largest absolute Gasteiger partial charge is 0.341 e. The minimum atomic E-state index is -0.618. The van der Waals surface area contributed by atoms with Gasteiger partial charge in [-0.3, -0.25) is 4.79 Å². The van der Waals surface area contributed by atoms with Crippen molar-refractivity contribution in [2.45, 2.75) is 12.8 Å². The standard InChI is InChI=1S/C13H12F2N2O/c14-11-3-9(4-12(15)6-11)1-2-17-8-10(7-16)5-13(17)18/h3-4,6,10H,1-2,5,8H2. The van der Waals surface area contributed by atoms with E-state index in [9.17, 15) is 13.6 Å². The maximum absolute atomic E-state index is 13.0. The Hall–Kier alpha value is -1.96. The molecule has 3 nitrogen and oxygen atoms in total. The van der Waals surface area contributed by atoms with Gasteiger partial charge >= 0.3 is 0 Å². The first kappa shape index (κ1) is 12.5. The van der Waals surface area contributed by atoms with Gasteiger partial charge in [0.1, 0.15) is 11.6 Å². The fraction of sp³-hybridized carbons (Fsp3) is 0.385. The molecule has 1 aromatic carbocycles. The predicted molar refractivity (Wildman–Crippen MR) is 60.4 cm³/mol. The van der Waals surface area contributed by atoms with Gasteiger partial charge in [0, 0.05) is 25.6 Å². The highest BCUT2D eigenvalue weighted by molar-refractivity contribution is 5.79. The van der Waals surface area contributed by atoms with Gasteiger partial charge in [0.2, 0.25) is 5.91 Å². The minimum absolute atomic E-state index is 0.0709. The van der Waals surface area contributed by atoms with Crippen molar-refractivity contribution >= 4 is 5.91 Å². The van der Waals surface area contributed by atoms with Gasteiger partial charge < -0.3 is 4.90 Å². The lowest BCUT2D eigenvalue weighted by molar-refractivity contribution is -0.127. The van der Waals surface area contributed by atoms with Crippen molar-refractivity contribution < 1.29 is 13.6 Å². The number of rotatable bonds is 3. The summed E-state index contributed by atoms with van der Waals surface area (Å²) in [4.78, 5) is 13.1. The summed E-state index contributed by atoms with van der Waals surface area (Å²) in [7, 11) is 0. The lowest BCUT2D eigenvalue weighted by Crippen LogP contribution is -2.27.